The van der Waals surface area contributed by atoms with Gasteiger partial charge in [0.15, 0.2) is 0 Å². The summed E-state index contributed by atoms with van der Waals surface area (Å²) in [6.07, 6.45) is 1.74. The second-order valence-electron chi connectivity index (χ2n) is 6.06. The monoisotopic (exact) mass is 251 g/mol. The molecule has 0 spiro atoms. The Hall–Kier alpha value is -1.09. The van der Waals surface area contributed by atoms with E-state index in [4.69, 9.17) is 0 Å². The molecule has 1 aliphatic rings. The molecule has 0 saturated heterocycles. The van der Waals surface area contributed by atoms with Crippen LogP contribution >= 0.6 is 0 Å². The number of aliphatic hydroxyl groups is 1. The van der Waals surface area contributed by atoms with Crippen LogP contribution in [0.2, 0.25) is 0 Å². The van der Waals surface area contributed by atoms with Crippen LogP contribution < -0.4 is 4.90 Å². The Kier molecular flexibility index (Phi) is 3.62. The Balaban J connectivity index is 2.05. The van der Waals surface area contributed by atoms with Gasteiger partial charge in [0, 0.05) is 19.5 Å². The van der Waals surface area contributed by atoms with Crippen LogP contribution in [0.25, 0.3) is 0 Å². The lowest BCUT2D eigenvalue weighted by Gasteiger charge is -2.29. The minimum absolute atomic E-state index is 0.0132. The molecule has 2 atom stereocenters. The van der Waals surface area contributed by atoms with E-state index >= 15 is 0 Å². The van der Waals surface area contributed by atoms with E-state index in [1.54, 1.807) is 12.1 Å². The van der Waals surface area contributed by atoms with E-state index in [1.165, 1.54) is 6.07 Å². The summed E-state index contributed by atoms with van der Waals surface area (Å²) in [5, 5.41) is 10.3. The van der Waals surface area contributed by atoms with Crippen LogP contribution in [-0.2, 0) is 0 Å². The molecule has 0 aromatic heterocycles. The molecule has 0 bridgehead atoms. The molecule has 1 aliphatic carbocycles. The molecule has 18 heavy (non-hydrogen) atoms. The molecule has 0 radical (unpaired) electrons. The van der Waals surface area contributed by atoms with E-state index in [2.05, 4.69) is 13.8 Å². The standard InChI is InChI=1S/C15H22FNO/c1-15(2)9-8-11(14(15)18)10-17(3)13-7-5-4-6-12(13)16/h4-7,11,14,18H,8-10H2,1-3H3. The highest BCUT2D eigenvalue weighted by atomic mass is 19.1. The van der Waals surface area contributed by atoms with Crippen LogP contribution in [0.1, 0.15) is 26.7 Å². The largest absolute Gasteiger partial charge is 0.392 e. The van der Waals surface area contributed by atoms with E-state index in [0.717, 1.165) is 12.8 Å². The number of para-hydroxylation sites is 1. The average molecular weight is 251 g/mol. The summed E-state index contributed by atoms with van der Waals surface area (Å²) in [7, 11) is 1.89. The van der Waals surface area contributed by atoms with Crippen molar-refractivity contribution in [3.63, 3.8) is 0 Å². The fraction of sp³-hybridized carbons (Fsp3) is 0.600. The summed E-state index contributed by atoms with van der Waals surface area (Å²) in [6.45, 7) is 4.90. The number of rotatable bonds is 3. The molecule has 0 heterocycles. The molecule has 2 rings (SSSR count). The maximum absolute atomic E-state index is 13.7. The molecule has 100 valence electrons. The second-order valence-corrected chi connectivity index (χ2v) is 6.06. The molecule has 3 heteroatoms. The van der Waals surface area contributed by atoms with Crippen LogP contribution in [0.15, 0.2) is 24.3 Å². The summed E-state index contributed by atoms with van der Waals surface area (Å²) in [4.78, 5) is 1.91. The van der Waals surface area contributed by atoms with Crippen LogP contribution in [-0.4, -0.2) is 24.8 Å². The van der Waals surface area contributed by atoms with Gasteiger partial charge < -0.3 is 10.0 Å². The Morgan fingerprint density at radius 2 is 2.06 bits per heavy atom. The van der Waals surface area contributed by atoms with E-state index in [1.807, 2.05) is 18.0 Å². The SMILES string of the molecule is CN(CC1CCC(C)(C)C1O)c1ccccc1F. The van der Waals surface area contributed by atoms with Crippen molar-refractivity contribution < 1.29 is 9.50 Å². The number of anilines is 1. The molecule has 1 aromatic rings. The lowest BCUT2D eigenvalue weighted by Crippen LogP contribution is -2.35. The smallest absolute Gasteiger partial charge is 0.146 e. The number of benzene rings is 1. The molecule has 1 aromatic carbocycles. The first kappa shape index (κ1) is 13.3. The van der Waals surface area contributed by atoms with Gasteiger partial charge in [-0.3, -0.25) is 0 Å². The van der Waals surface area contributed by atoms with Gasteiger partial charge >= 0.3 is 0 Å². The Bertz CT molecular complexity index is 419. The van der Waals surface area contributed by atoms with Gasteiger partial charge in [0.2, 0.25) is 0 Å². The molecule has 0 amide bonds. The summed E-state index contributed by atoms with van der Waals surface area (Å²) in [5.41, 5.74) is 0.593. The van der Waals surface area contributed by atoms with Gasteiger partial charge in [0.25, 0.3) is 0 Å². The van der Waals surface area contributed by atoms with E-state index in [-0.39, 0.29) is 23.3 Å². The zero-order valence-corrected chi connectivity index (χ0v) is 11.4. The van der Waals surface area contributed by atoms with Crippen molar-refractivity contribution in [3.8, 4) is 0 Å². The minimum atomic E-state index is -0.299. The molecule has 1 N–H and O–H groups in total. The number of nitrogens with zero attached hydrogens (tertiary/aromatic N) is 1. The third-order valence-electron chi connectivity index (χ3n) is 4.18. The van der Waals surface area contributed by atoms with Crippen molar-refractivity contribution in [2.75, 3.05) is 18.5 Å². The first-order chi connectivity index (χ1) is 8.42. The van der Waals surface area contributed by atoms with E-state index in [0.29, 0.717) is 12.2 Å². The third-order valence-corrected chi connectivity index (χ3v) is 4.18. The zero-order valence-electron chi connectivity index (χ0n) is 11.4. The molecule has 2 unspecified atom stereocenters. The minimum Gasteiger partial charge on any atom is -0.392 e. The maximum atomic E-state index is 13.7. The first-order valence-corrected chi connectivity index (χ1v) is 6.55. The topological polar surface area (TPSA) is 23.5 Å². The maximum Gasteiger partial charge on any atom is 0.146 e. The van der Waals surface area contributed by atoms with Gasteiger partial charge in [-0.25, -0.2) is 4.39 Å². The van der Waals surface area contributed by atoms with Crippen LogP contribution in [0.3, 0.4) is 0 Å². The van der Waals surface area contributed by atoms with Gasteiger partial charge in [0.1, 0.15) is 5.82 Å². The molecule has 0 aliphatic heterocycles. The van der Waals surface area contributed by atoms with Gasteiger partial charge in [-0.05, 0) is 30.4 Å². The van der Waals surface area contributed by atoms with Crippen molar-refractivity contribution in [2.24, 2.45) is 11.3 Å². The van der Waals surface area contributed by atoms with Crippen molar-refractivity contribution in [3.05, 3.63) is 30.1 Å². The molecule has 1 saturated carbocycles. The highest BCUT2D eigenvalue weighted by molar-refractivity contribution is 5.46. The first-order valence-electron chi connectivity index (χ1n) is 6.55. The lowest BCUT2D eigenvalue weighted by molar-refractivity contribution is 0.0484. The molecular weight excluding hydrogens is 229 g/mol. The van der Waals surface area contributed by atoms with Crippen LogP contribution in [0.4, 0.5) is 10.1 Å². The van der Waals surface area contributed by atoms with Crippen molar-refractivity contribution in [2.45, 2.75) is 32.8 Å². The summed E-state index contributed by atoms with van der Waals surface area (Å²) >= 11 is 0. The molecular formula is C15H22FNO. The number of hydrogen-bond acceptors (Lipinski definition) is 2. The number of aliphatic hydroxyl groups excluding tert-OH is 1. The summed E-state index contributed by atoms with van der Waals surface area (Å²) < 4.78 is 13.7. The van der Waals surface area contributed by atoms with Gasteiger partial charge in [-0.15, -0.1) is 0 Å². The molecule has 2 nitrogen and oxygen atoms in total. The predicted octanol–water partition coefficient (Wildman–Crippen LogP) is 3.06. The van der Waals surface area contributed by atoms with Crippen molar-refractivity contribution in [1.29, 1.82) is 0 Å². The lowest BCUT2D eigenvalue weighted by atomic mass is 9.87. The van der Waals surface area contributed by atoms with Crippen LogP contribution in [0.5, 0.6) is 0 Å². The third kappa shape index (κ3) is 2.51. The normalized spacial score (nSPS) is 26.3. The van der Waals surface area contributed by atoms with Gasteiger partial charge in [-0.2, -0.15) is 0 Å². The number of hydrogen-bond donors (Lipinski definition) is 1. The van der Waals surface area contributed by atoms with Crippen molar-refractivity contribution in [1.82, 2.24) is 0 Å². The van der Waals surface area contributed by atoms with E-state index < -0.39 is 0 Å². The van der Waals surface area contributed by atoms with E-state index in [9.17, 15) is 9.50 Å². The fourth-order valence-corrected chi connectivity index (χ4v) is 2.90. The molecule has 1 fully saturated rings. The quantitative estimate of drug-likeness (QED) is 0.892. The highest BCUT2D eigenvalue weighted by Gasteiger charge is 2.41. The zero-order chi connectivity index (χ0) is 13.3. The summed E-state index contributed by atoms with van der Waals surface area (Å²) in [5.74, 6) is 0.0244. The second kappa shape index (κ2) is 4.88. The van der Waals surface area contributed by atoms with Gasteiger partial charge in [0.05, 0.1) is 11.8 Å². The van der Waals surface area contributed by atoms with Crippen molar-refractivity contribution >= 4 is 5.69 Å². The Morgan fingerprint density at radius 3 is 2.61 bits per heavy atom. The van der Waals surface area contributed by atoms with Crippen LogP contribution in [0, 0.1) is 17.2 Å². The summed E-state index contributed by atoms with van der Waals surface area (Å²) in [6, 6.07) is 6.78. The fourth-order valence-electron chi connectivity index (χ4n) is 2.90. The highest BCUT2D eigenvalue weighted by Crippen LogP contribution is 2.41. The van der Waals surface area contributed by atoms with Gasteiger partial charge in [-0.1, -0.05) is 26.0 Å². The number of halogens is 1. The average Bonchev–Trinajstić information content (AvgIpc) is 2.57. The predicted molar refractivity (Wildman–Crippen MR) is 72.2 cm³/mol. The Morgan fingerprint density at radius 1 is 1.39 bits per heavy atom. The Labute approximate surface area is 108 Å².